The summed E-state index contributed by atoms with van der Waals surface area (Å²) < 4.78 is 0. The second-order valence-electron chi connectivity index (χ2n) is 5.31. The first-order valence-corrected chi connectivity index (χ1v) is 7.60. The van der Waals surface area contributed by atoms with Crippen LogP contribution in [0.1, 0.15) is 42.1 Å². The maximum Gasteiger partial charge on any atom is 0.0358 e. The van der Waals surface area contributed by atoms with Crippen molar-refractivity contribution in [2.24, 2.45) is 0 Å². The minimum Gasteiger partial charge on any atom is -0.313 e. The van der Waals surface area contributed by atoms with Crippen molar-refractivity contribution in [1.82, 2.24) is 5.32 Å². The van der Waals surface area contributed by atoms with E-state index in [9.17, 15) is 0 Å². The third kappa shape index (κ3) is 3.71. The van der Waals surface area contributed by atoms with Crippen LogP contribution in [0.2, 0.25) is 0 Å². The smallest absolute Gasteiger partial charge is 0.0358 e. The van der Waals surface area contributed by atoms with Gasteiger partial charge in [0.05, 0.1) is 0 Å². The largest absolute Gasteiger partial charge is 0.313 e. The Bertz CT molecular complexity index is 510. The van der Waals surface area contributed by atoms with E-state index in [2.05, 4.69) is 67.7 Å². The zero-order valence-corrected chi connectivity index (χ0v) is 12.8. The third-order valence-electron chi connectivity index (χ3n) is 4.01. The minimum absolute atomic E-state index is 0.383. The summed E-state index contributed by atoms with van der Waals surface area (Å²) in [6.07, 6.45) is 3.24. The van der Waals surface area contributed by atoms with Gasteiger partial charge in [0.2, 0.25) is 0 Å². The van der Waals surface area contributed by atoms with E-state index in [-0.39, 0.29) is 0 Å². The molecule has 0 aliphatic heterocycles. The third-order valence-corrected chi connectivity index (χ3v) is 4.01. The van der Waals surface area contributed by atoms with Crippen molar-refractivity contribution < 1.29 is 0 Å². The molecule has 0 saturated heterocycles. The predicted octanol–water partition coefficient (Wildman–Crippen LogP) is 4.31. The topological polar surface area (TPSA) is 12.0 Å². The molecule has 1 N–H and O–H groups in total. The first-order valence-electron chi connectivity index (χ1n) is 7.60. The van der Waals surface area contributed by atoms with Gasteiger partial charge in [-0.05, 0) is 48.6 Å². The molecule has 0 radical (unpaired) electrons. The number of benzene rings is 2. The minimum atomic E-state index is 0.383. The molecule has 0 saturated carbocycles. The summed E-state index contributed by atoms with van der Waals surface area (Å²) in [6.45, 7) is 4.39. The summed E-state index contributed by atoms with van der Waals surface area (Å²) in [4.78, 5) is 0. The molecular formula is C19H25N. The van der Waals surface area contributed by atoms with Crippen molar-refractivity contribution in [2.45, 2.75) is 39.2 Å². The lowest BCUT2D eigenvalue weighted by atomic mass is 9.97. The van der Waals surface area contributed by atoms with Gasteiger partial charge < -0.3 is 5.32 Å². The Morgan fingerprint density at radius 1 is 0.750 bits per heavy atom. The number of likely N-dealkylation sites (N-methyl/N-ethyl adjacent to an activating group) is 1. The molecule has 0 fully saturated rings. The fourth-order valence-corrected chi connectivity index (χ4v) is 2.52. The molecule has 2 rings (SSSR count). The van der Waals surface area contributed by atoms with Crippen molar-refractivity contribution in [1.29, 1.82) is 0 Å². The summed E-state index contributed by atoms with van der Waals surface area (Å²) in [7, 11) is 2.04. The molecule has 0 amide bonds. The average Bonchev–Trinajstić information content (AvgIpc) is 2.53. The van der Waals surface area contributed by atoms with Gasteiger partial charge >= 0.3 is 0 Å². The van der Waals surface area contributed by atoms with Crippen LogP contribution in [0.15, 0.2) is 48.5 Å². The van der Waals surface area contributed by atoms with Gasteiger partial charge in [-0.2, -0.15) is 0 Å². The number of nitrogens with one attached hydrogen (secondary N) is 1. The molecule has 2 aromatic rings. The van der Waals surface area contributed by atoms with Crippen molar-refractivity contribution in [3.63, 3.8) is 0 Å². The second kappa shape index (κ2) is 7.25. The van der Waals surface area contributed by atoms with Crippen LogP contribution < -0.4 is 5.32 Å². The van der Waals surface area contributed by atoms with Crippen LogP contribution in [-0.2, 0) is 19.3 Å². The van der Waals surface area contributed by atoms with Gasteiger partial charge in [0.25, 0.3) is 0 Å². The normalized spacial score (nSPS) is 12.3. The molecule has 1 unspecified atom stereocenters. The Labute approximate surface area is 123 Å². The van der Waals surface area contributed by atoms with Crippen molar-refractivity contribution in [3.8, 4) is 0 Å². The van der Waals surface area contributed by atoms with Gasteiger partial charge in [0.1, 0.15) is 0 Å². The Morgan fingerprint density at radius 3 is 1.65 bits per heavy atom. The zero-order chi connectivity index (χ0) is 14.4. The van der Waals surface area contributed by atoms with Gasteiger partial charge in [-0.1, -0.05) is 62.4 Å². The molecule has 0 spiro atoms. The van der Waals surface area contributed by atoms with Crippen molar-refractivity contribution in [2.75, 3.05) is 7.05 Å². The lowest BCUT2D eigenvalue weighted by Crippen LogP contribution is -2.18. The SMILES string of the molecule is CCc1ccc(CC(NC)c2ccc(CC)cc2)cc1. The Hall–Kier alpha value is -1.60. The van der Waals surface area contributed by atoms with Crippen LogP contribution in [0.25, 0.3) is 0 Å². The number of rotatable bonds is 6. The molecule has 0 aliphatic rings. The number of hydrogen-bond acceptors (Lipinski definition) is 1. The molecule has 1 heteroatoms. The highest BCUT2D eigenvalue weighted by Gasteiger charge is 2.09. The molecule has 20 heavy (non-hydrogen) atoms. The second-order valence-corrected chi connectivity index (χ2v) is 5.31. The number of hydrogen-bond donors (Lipinski definition) is 1. The van der Waals surface area contributed by atoms with Gasteiger partial charge in [-0.15, -0.1) is 0 Å². The van der Waals surface area contributed by atoms with Crippen LogP contribution in [0.5, 0.6) is 0 Å². The summed E-state index contributed by atoms with van der Waals surface area (Å²) in [6, 6.07) is 18.3. The highest BCUT2D eigenvalue weighted by molar-refractivity contribution is 5.28. The number of aryl methyl sites for hydroxylation is 2. The summed E-state index contributed by atoms with van der Waals surface area (Å²) >= 11 is 0. The van der Waals surface area contributed by atoms with Crippen LogP contribution in [0.3, 0.4) is 0 Å². The summed E-state index contributed by atoms with van der Waals surface area (Å²) in [5.74, 6) is 0. The molecule has 0 aromatic heterocycles. The highest BCUT2D eigenvalue weighted by Crippen LogP contribution is 2.19. The highest BCUT2D eigenvalue weighted by atomic mass is 14.9. The van der Waals surface area contributed by atoms with E-state index in [4.69, 9.17) is 0 Å². The van der Waals surface area contributed by atoms with Gasteiger partial charge in [-0.25, -0.2) is 0 Å². The monoisotopic (exact) mass is 267 g/mol. The molecule has 106 valence electrons. The molecule has 1 atom stereocenters. The average molecular weight is 267 g/mol. The Morgan fingerprint density at radius 2 is 1.20 bits per heavy atom. The molecule has 0 aliphatic carbocycles. The standard InChI is InChI=1S/C19H25N/c1-4-15-6-8-17(9-7-15)14-19(20-3)18-12-10-16(5-2)11-13-18/h6-13,19-20H,4-5,14H2,1-3H3. The van der Waals surface area contributed by atoms with Gasteiger partial charge in [0.15, 0.2) is 0 Å². The van der Waals surface area contributed by atoms with E-state index in [1.54, 1.807) is 0 Å². The fourth-order valence-electron chi connectivity index (χ4n) is 2.52. The van der Waals surface area contributed by atoms with Crippen LogP contribution in [0.4, 0.5) is 0 Å². The predicted molar refractivity (Wildman–Crippen MR) is 87.1 cm³/mol. The summed E-state index contributed by atoms with van der Waals surface area (Å²) in [5.41, 5.74) is 5.56. The fraction of sp³-hybridized carbons (Fsp3) is 0.368. The van der Waals surface area contributed by atoms with E-state index >= 15 is 0 Å². The molecular weight excluding hydrogens is 242 g/mol. The van der Waals surface area contributed by atoms with E-state index in [0.29, 0.717) is 6.04 Å². The first-order chi connectivity index (χ1) is 9.76. The van der Waals surface area contributed by atoms with Crippen molar-refractivity contribution >= 4 is 0 Å². The quantitative estimate of drug-likeness (QED) is 0.822. The molecule has 2 aromatic carbocycles. The van der Waals surface area contributed by atoms with Gasteiger partial charge in [-0.3, -0.25) is 0 Å². The van der Waals surface area contributed by atoms with E-state index < -0.39 is 0 Å². The van der Waals surface area contributed by atoms with Crippen LogP contribution in [0, 0.1) is 0 Å². The Balaban J connectivity index is 2.10. The first kappa shape index (κ1) is 14.8. The van der Waals surface area contributed by atoms with E-state index in [0.717, 1.165) is 19.3 Å². The zero-order valence-electron chi connectivity index (χ0n) is 12.8. The van der Waals surface area contributed by atoms with Crippen molar-refractivity contribution in [3.05, 3.63) is 70.8 Å². The molecule has 0 bridgehead atoms. The maximum atomic E-state index is 3.43. The van der Waals surface area contributed by atoms with Crippen LogP contribution >= 0.6 is 0 Å². The Kier molecular flexibility index (Phi) is 5.37. The van der Waals surface area contributed by atoms with Crippen LogP contribution in [-0.4, -0.2) is 7.05 Å². The lowest BCUT2D eigenvalue weighted by Gasteiger charge is -2.17. The van der Waals surface area contributed by atoms with Gasteiger partial charge in [0, 0.05) is 6.04 Å². The maximum absolute atomic E-state index is 3.43. The molecule has 1 nitrogen and oxygen atoms in total. The lowest BCUT2D eigenvalue weighted by molar-refractivity contribution is 0.592. The molecule has 0 heterocycles. The van der Waals surface area contributed by atoms with E-state index in [1.165, 1.54) is 22.3 Å². The van der Waals surface area contributed by atoms with E-state index in [1.807, 2.05) is 7.05 Å². The summed E-state index contributed by atoms with van der Waals surface area (Å²) in [5, 5.41) is 3.43.